The van der Waals surface area contributed by atoms with Crippen molar-refractivity contribution in [2.75, 3.05) is 10.8 Å². The Balaban J connectivity index is 1.79. The van der Waals surface area contributed by atoms with Gasteiger partial charge in [-0.05, 0) is 43.7 Å². The van der Waals surface area contributed by atoms with Crippen LogP contribution in [-0.2, 0) is 21.9 Å². The van der Waals surface area contributed by atoms with Gasteiger partial charge in [0.05, 0.1) is 22.3 Å². The van der Waals surface area contributed by atoms with E-state index in [1.54, 1.807) is 61.1 Å². The van der Waals surface area contributed by atoms with Crippen molar-refractivity contribution in [2.24, 2.45) is 7.05 Å². The van der Waals surface area contributed by atoms with E-state index in [0.29, 0.717) is 11.4 Å². The highest BCUT2D eigenvalue weighted by atomic mass is 32.2. The number of anilines is 1. The van der Waals surface area contributed by atoms with Crippen molar-refractivity contribution >= 4 is 21.6 Å². The minimum Gasteiger partial charge on any atom is -0.348 e. The molecule has 0 unspecified atom stereocenters. The number of rotatable bonds is 8. The van der Waals surface area contributed by atoms with E-state index in [9.17, 15) is 18.0 Å². The average Bonchev–Trinajstić information content (AvgIpc) is 3.11. The molecule has 1 N–H and O–H groups in total. The van der Waals surface area contributed by atoms with Gasteiger partial charge in [0.15, 0.2) is 0 Å². The number of para-hydroxylation sites is 1. The first-order valence-corrected chi connectivity index (χ1v) is 12.9. The highest BCUT2D eigenvalue weighted by Crippen LogP contribution is 2.25. The minimum absolute atomic E-state index is 0.0113. The van der Waals surface area contributed by atoms with Gasteiger partial charge in [0, 0.05) is 7.05 Å². The molecule has 0 fully saturated rings. The lowest BCUT2D eigenvalue weighted by molar-refractivity contribution is -0.120. The van der Waals surface area contributed by atoms with Crippen LogP contribution < -0.4 is 15.2 Å². The lowest BCUT2D eigenvalue weighted by Crippen LogP contribution is -2.43. The van der Waals surface area contributed by atoms with E-state index < -0.39 is 28.0 Å². The molecule has 1 aromatic heterocycles. The van der Waals surface area contributed by atoms with Crippen molar-refractivity contribution in [2.45, 2.75) is 24.8 Å². The van der Waals surface area contributed by atoms with Crippen LogP contribution in [0.2, 0.25) is 0 Å². The van der Waals surface area contributed by atoms with Gasteiger partial charge >= 0.3 is 0 Å². The lowest BCUT2D eigenvalue weighted by atomic mass is 10.1. The van der Waals surface area contributed by atoms with Crippen LogP contribution in [-0.4, -0.2) is 30.2 Å². The van der Waals surface area contributed by atoms with Crippen LogP contribution in [0.4, 0.5) is 5.69 Å². The first-order chi connectivity index (χ1) is 17.2. The molecule has 9 heteroatoms. The number of hydrogen-bond donors (Lipinski definition) is 1. The number of amides is 1. The lowest BCUT2D eigenvalue weighted by Gasteiger charge is -2.24. The van der Waals surface area contributed by atoms with Gasteiger partial charge in [-0.15, -0.1) is 0 Å². The van der Waals surface area contributed by atoms with Crippen molar-refractivity contribution in [3.63, 3.8) is 0 Å². The minimum atomic E-state index is -4.23. The third-order valence-corrected chi connectivity index (χ3v) is 7.83. The molecule has 8 nitrogen and oxygen atoms in total. The van der Waals surface area contributed by atoms with Crippen LogP contribution in [0.5, 0.6) is 0 Å². The average molecular weight is 505 g/mol. The molecule has 0 aliphatic rings. The Labute approximate surface area is 210 Å². The van der Waals surface area contributed by atoms with E-state index in [1.807, 2.05) is 43.3 Å². The van der Waals surface area contributed by atoms with Crippen LogP contribution in [0.15, 0.2) is 101 Å². The van der Waals surface area contributed by atoms with E-state index in [-0.39, 0.29) is 16.6 Å². The van der Waals surface area contributed by atoms with Crippen LogP contribution >= 0.6 is 0 Å². The van der Waals surface area contributed by atoms with E-state index in [1.165, 1.54) is 16.8 Å². The number of carbonyl (C=O) groups excluding carboxylic acids is 1. The van der Waals surface area contributed by atoms with Crippen molar-refractivity contribution < 1.29 is 13.2 Å². The fourth-order valence-electron chi connectivity index (χ4n) is 4.09. The van der Waals surface area contributed by atoms with Crippen molar-refractivity contribution in [3.8, 4) is 5.69 Å². The van der Waals surface area contributed by atoms with E-state index in [2.05, 4.69) is 5.32 Å². The summed E-state index contributed by atoms with van der Waals surface area (Å²) in [4.78, 5) is 26.8. The predicted octanol–water partition coefficient (Wildman–Crippen LogP) is 3.56. The van der Waals surface area contributed by atoms with Crippen LogP contribution in [0, 0.1) is 6.92 Å². The van der Waals surface area contributed by atoms with Gasteiger partial charge in [-0.3, -0.25) is 14.3 Å². The molecular formula is C27H28N4O4S. The Hall–Kier alpha value is -4.11. The quantitative estimate of drug-likeness (QED) is 0.397. The molecule has 4 aromatic rings. The first kappa shape index (κ1) is 25.0. The second-order valence-corrected chi connectivity index (χ2v) is 10.3. The Kier molecular flexibility index (Phi) is 7.12. The normalized spacial score (nSPS) is 12.2. The SMILES string of the molecule is Cc1c(N(CC(=O)N[C@H](C)c2ccccc2)S(=O)(=O)c2ccccc2)c(=O)n(-c2ccccc2)n1C. The maximum absolute atomic E-state index is 13.8. The highest BCUT2D eigenvalue weighted by molar-refractivity contribution is 7.92. The Morgan fingerprint density at radius 2 is 1.44 bits per heavy atom. The summed E-state index contributed by atoms with van der Waals surface area (Å²) in [5, 5.41) is 2.85. The summed E-state index contributed by atoms with van der Waals surface area (Å²) in [6.07, 6.45) is 0. The number of benzene rings is 3. The van der Waals surface area contributed by atoms with Crippen LogP contribution in [0.25, 0.3) is 5.69 Å². The van der Waals surface area contributed by atoms with Crippen LogP contribution in [0.1, 0.15) is 24.2 Å². The molecule has 0 saturated carbocycles. The zero-order chi connectivity index (χ0) is 25.9. The summed E-state index contributed by atoms with van der Waals surface area (Å²) < 4.78 is 31.4. The molecule has 0 aliphatic heterocycles. The van der Waals surface area contributed by atoms with Crippen molar-refractivity contribution in [1.29, 1.82) is 0 Å². The van der Waals surface area contributed by atoms with Crippen LogP contribution in [0.3, 0.4) is 0 Å². The van der Waals surface area contributed by atoms with Gasteiger partial charge in [0.2, 0.25) is 5.91 Å². The molecule has 0 saturated heterocycles. The molecule has 1 atom stereocenters. The second kappa shape index (κ2) is 10.2. The molecule has 0 radical (unpaired) electrons. The summed E-state index contributed by atoms with van der Waals surface area (Å²) in [7, 11) is -2.56. The van der Waals surface area contributed by atoms with Gasteiger partial charge in [0.1, 0.15) is 12.2 Å². The van der Waals surface area contributed by atoms with Crippen molar-refractivity contribution in [1.82, 2.24) is 14.7 Å². The van der Waals surface area contributed by atoms with Gasteiger partial charge in [-0.1, -0.05) is 66.7 Å². The molecular weight excluding hydrogens is 476 g/mol. The predicted molar refractivity (Wildman–Crippen MR) is 140 cm³/mol. The third-order valence-electron chi connectivity index (χ3n) is 6.07. The summed E-state index contributed by atoms with van der Waals surface area (Å²) in [6.45, 7) is 2.93. The fourth-order valence-corrected chi connectivity index (χ4v) is 5.58. The van der Waals surface area contributed by atoms with Gasteiger partial charge in [-0.25, -0.2) is 17.4 Å². The molecule has 0 aliphatic carbocycles. The summed E-state index contributed by atoms with van der Waals surface area (Å²) in [6, 6.07) is 25.7. The standard InChI is InChI=1S/C27H28N4O4S/c1-20(22-13-7-4-8-14-22)28-25(32)19-30(36(34,35)24-17-11-6-12-18-24)26-21(2)29(3)31(27(26)33)23-15-9-5-10-16-23/h4-18,20H,19H2,1-3H3,(H,28,32)/t20-/m1/s1. The number of hydrogen-bond acceptors (Lipinski definition) is 4. The van der Waals surface area contributed by atoms with Gasteiger partial charge < -0.3 is 5.32 Å². The number of sulfonamides is 1. The molecule has 0 bridgehead atoms. The van der Waals surface area contributed by atoms with Gasteiger partial charge in [0.25, 0.3) is 15.6 Å². The Morgan fingerprint density at radius 1 is 0.917 bits per heavy atom. The molecule has 1 heterocycles. The van der Waals surface area contributed by atoms with E-state index in [0.717, 1.165) is 9.87 Å². The Morgan fingerprint density at radius 3 is 2.03 bits per heavy atom. The zero-order valence-corrected chi connectivity index (χ0v) is 21.1. The number of nitrogens with one attached hydrogen (secondary N) is 1. The third kappa shape index (κ3) is 4.83. The number of aromatic nitrogens is 2. The Bertz CT molecular complexity index is 1510. The number of nitrogens with zero attached hydrogens (tertiary/aromatic N) is 3. The summed E-state index contributed by atoms with van der Waals surface area (Å²) in [5.41, 5.74) is 1.26. The molecule has 1 amide bonds. The monoisotopic (exact) mass is 504 g/mol. The largest absolute Gasteiger partial charge is 0.348 e. The topological polar surface area (TPSA) is 93.4 Å². The molecule has 3 aromatic carbocycles. The maximum atomic E-state index is 13.8. The molecule has 0 spiro atoms. The summed E-state index contributed by atoms with van der Waals surface area (Å²) >= 11 is 0. The zero-order valence-electron chi connectivity index (χ0n) is 20.3. The summed E-state index contributed by atoms with van der Waals surface area (Å²) in [5.74, 6) is -0.528. The highest BCUT2D eigenvalue weighted by Gasteiger charge is 2.33. The molecule has 4 rings (SSSR count). The van der Waals surface area contributed by atoms with E-state index in [4.69, 9.17) is 0 Å². The van der Waals surface area contributed by atoms with Gasteiger partial charge in [-0.2, -0.15) is 0 Å². The number of carbonyl (C=O) groups is 1. The fraction of sp³-hybridized carbons (Fsp3) is 0.185. The molecule has 36 heavy (non-hydrogen) atoms. The maximum Gasteiger partial charge on any atom is 0.296 e. The second-order valence-electron chi connectivity index (χ2n) is 8.43. The molecule has 186 valence electrons. The smallest absolute Gasteiger partial charge is 0.296 e. The van der Waals surface area contributed by atoms with E-state index >= 15 is 0 Å². The first-order valence-electron chi connectivity index (χ1n) is 11.5. The van der Waals surface area contributed by atoms with Crippen molar-refractivity contribution in [3.05, 3.63) is 113 Å².